The van der Waals surface area contributed by atoms with Gasteiger partial charge in [0.2, 0.25) is 23.3 Å². The Balaban J connectivity index is 0.000000176. The third-order valence-corrected chi connectivity index (χ3v) is 12.1. The number of aliphatic hydroxyl groups excluding tert-OH is 3. The number of imidazole rings is 2. The van der Waals surface area contributed by atoms with Gasteiger partial charge in [-0.25, -0.2) is 53.0 Å². The van der Waals surface area contributed by atoms with Gasteiger partial charge in [-0.1, -0.05) is 72.8 Å². The summed E-state index contributed by atoms with van der Waals surface area (Å²) < 4.78 is 49.7. The Kier molecular flexibility index (Phi) is 25.8. The van der Waals surface area contributed by atoms with Crippen LogP contribution in [0.25, 0.3) is 16.9 Å². The van der Waals surface area contributed by atoms with Crippen LogP contribution in [0.4, 0.5) is 24.7 Å². The monoisotopic (exact) mass is 1290 g/mol. The molecule has 490 valence electrons. The van der Waals surface area contributed by atoms with E-state index in [-0.39, 0.29) is 63.9 Å². The van der Waals surface area contributed by atoms with Crippen molar-refractivity contribution >= 4 is 46.0 Å². The first-order valence-corrected chi connectivity index (χ1v) is 27.6. The van der Waals surface area contributed by atoms with Gasteiger partial charge in [-0.05, 0) is 42.0 Å². The van der Waals surface area contributed by atoms with Crippen molar-refractivity contribution in [1.82, 2.24) is 102 Å². The number of nitrogen functional groups attached to an aromatic ring is 1. The second-order valence-electron chi connectivity index (χ2n) is 19.7. The number of anilines is 2. The Morgan fingerprint density at radius 3 is 1.54 bits per heavy atom. The number of nitrogens with two attached hydrogens (primary N) is 2. The molecule has 12 rings (SSSR count). The summed E-state index contributed by atoms with van der Waals surface area (Å²) in [5.74, 6) is -0.558. The second kappa shape index (κ2) is 34.2. The number of Topliss-reactive ketones (excluding diaryl/α,β-unsaturated/α-hetero) is 1. The number of benzene rings is 4. The van der Waals surface area contributed by atoms with Gasteiger partial charge in [-0.15, -0.1) is 10.2 Å². The van der Waals surface area contributed by atoms with Crippen LogP contribution in [0.5, 0.6) is 0 Å². The Bertz CT molecular complexity index is 4460. The van der Waals surface area contributed by atoms with Gasteiger partial charge in [0.15, 0.2) is 40.1 Å². The number of carbonyl (C=O) groups is 4. The van der Waals surface area contributed by atoms with Crippen LogP contribution >= 0.6 is 0 Å². The van der Waals surface area contributed by atoms with E-state index in [4.69, 9.17) is 16.6 Å². The van der Waals surface area contributed by atoms with Crippen LogP contribution in [-0.2, 0) is 54.1 Å². The maximum atomic E-state index is 13.1. The van der Waals surface area contributed by atoms with E-state index in [2.05, 4.69) is 70.7 Å². The molecule has 8 heterocycles. The van der Waals surface area contributed by atoms with Gasteiger partial charge in [0.25, 0.3) is 11.5 Å². The predicted molar refractivity (Wildman–Crippen MR) is 331 cm³/mol. The number of aromatic nitrogens is 21. The molecule has 0 saturated heterocycles. The van der Waals surface area contributed by atoms with Gasteiger partial charge in [-0.3, -0.25) is 51.9 Å². The zero-order valence-corrected chi connectivity index (χ0v) is 51.7. The molecule has 35 heteroatoms. The van der Waals surface area contributed by atoms with Crippen molar-refractivity contribution < 1.29 is 47.7 Å². The van der Waals surface area contributed by atoms with Crippen molar-refractivity contribution in [3.8, 4) is 5.69 Å². The van der Waals surface area contributed by atoms with Crippen molar-refractivity contribution in [1.29, 1.82) is 0 Å². The number of alkyl halides is 1. The number of aryl methyl sites for hydroxylation is 7. The van der Waals surface area contributed by atoms with Gasteiger partial charge in [0, 0.05) is 67.5 Å². The number of amides is 2. The number of nitrogens with zero attached hydrogens (tertiary/aromatic N) is 21. The first-order valence-electron chi connectivity index (χ1n) is 27.6. The molecule has 0 saturated carbocycles. The quantitative estimate of drug-likeness (QED) is 0.0903. The van der Waals surface area contributed by atoms with Crippen LogP contribution in [-0.4, -0.2) is 148 Å². The topological polar surface area (TPSA) is 417 Å². The largest absolute Gasteiger partial charge is 0.384 e. The molecule has 94 heavy (non-hydrogen) atoms. The van der Waals surface area contributed by atoms with Crippen LogP contribution in [0.3, 0.4) is 0 Å². The molecule has 8 aromatic heterocycles. The lowest BCUT2D eigenvalue weighted by Gasteiger charge is -2.05. The summed E-state index contributed by atoms with van der Waals surface area (Å²) in [5.41, 5.74) is 13.3. The van der Waals surface area contributed by atoms with Gasteiger partial charge in [0.05, 0.1) is 24.8 Å². The number of aliphatic hydroxyl groups is 3. The molecule has 2 amide bonds. The van der Waals surface area contributed by atoms with Crippen molar-refractivity contribution in [2.45, 2.75) is 31.7 Å². The summed E-state index contributed by atoms with van der Waals surface area (Å²) in [5, 5.41) is 49.7. The molecule has 4 aromatic carbocycles. The number of primary amides is 1. The first-order chi connectivity index (χ1) is 44.8. The third-order valence-electron chi connectivity index (χ3n) is 12.1. The molecule has 8 N–H and O–H groups in total. The molecule has 3 atom stereocenters. The number of nitrogens with one attached hydrogen (secondary N) is 1. The fourth-order valence-electron chi connectivity index (χ4n) is 7.48. The van der Waals surface area contributed by atoms with E-state index in [1.54, 1.807) is 95.2 Å². The van der Waals surface area contributed by atoms with Crippen LogP contribution in [0.2, 0.25) is 0 Å². The number of hydrogen-bond donors (Lipinski definition) is 6. The minimum Gasteiger partial charge on any atom is -0.384 e. The smallest absolute Gasteiger partial charge is 0.286 e. The Labute approximate surface area is 532 Å². The Morgan fingerprint density at radius 1 is 0.553 bits per heavy atom. The van der Waals surface area contributed by atoms with E-state index in [1.165, 1.54) is 109 Å². The van der Waals surface area contributed by atoms with Crippen molar-refractivity contribution in [2.24, 2.45) is 55.1 Å². The lowest BCUT2D eigenvalue weighted by atomic mass is 10.1. The molecule has 0 bridgehead atoms. The van der Waals surface area contributed by atoms with E-state index in [9.17, 15) is 47.4 Å². The third kappa shape index (κ3) is 21.0. The van der Waals surface area contributed by atoms with Crippen molar-refractivity contribution in [3.05, 3.63) is 228 Å². The molecular formula is C59H65F3N24O8. The summed E-state index contributed by atoms with van der Waals surface area (Å²) in [4.78, 5) is 87.6. The summed E-state index contributed by atoms with van der Waals surface area (Å²) in [6.45, 7) is 0.597. The molecule has 0 aliphatic heterocycles. The number of carbonyl (C=O) groups excluding carboxylic acids is 4. The average molecular weight is 1300 g/mol. The SMILES string of the molecule is CC(=O)c1ncn(C)n1.Cn1cnc(C(=O)Nc2cccc(F)c2)c1N.Cn1cnc(C(=O)c2ccccc2)n1.Cn1cnc(C(O)CC(N)=O)n1.Cn1cnc(C(O)CF)n1.Cn1cnc(C(O)c2ccccc2)n1.Cn1cnc2c(=O)n(-c3cccc(F)c3)cnc21. The molecule has 0 aliphatic rings. The first kappa shape index (κ1) is 71.0. The number of ketones is 2. The minimum atomic E-state index is -1.18. The fourth-order valence-corrected chi connectivity index (χ4v) is 7.48. The van der Waals surface area contributed by atoms with E-state index in [1.807, 2.05) is 48.5 Å². The Hall–Kier alpha value is -12.1. The van der Waals surface area contributed by atoms with Gasteiger partial charge in [-0.2, -0.15) is 15.3 Å². The van der Waals surface area contributed by atoms with Gasteiger partial charge in [0.1, 0.15) is 80.4 Å². The fraction of sp³-hybridized carbons (Fsp3) is 0.220. The summed E-state index contributed by atoms with van der Waals surface area (Å²) in [6, 6.07) is 29.7. The molecule has 3 unspecified atom stereocenters. The standard InChI is InChI=1S/C12H9FN4O.C11H11FN4O.C10H11N3O.C10H9N3O.C6H10N4O2.C5H8FN3O.C5H7N3O/c1-16-6-14-10-11(16)15-7-17(12(10)18)9-4-2-3-8(13)5-9;1-16-6-14-9(10(16)13)11(17)15-8-4-2-3-7(12)5-8;2*1-13-7-11-10(12-13)9(14)8-5-3-2-4-6-8;1-10-3-8-6(9-10)4(11)2-5(7)12;1-9-3-7-5(8-9)4(10)2-6;1-4(9)5-6-3-8(2)7-5/h2-7H,1H3;2-6H,13H2,1H3,(H,15,17);2-7,9,14H,1H3;2-7H,1H3;3-4,11H,2H2,1H3,(H2,7,12);3-4,10H,2H2,1H3;3H,1-2H3. The summed E-state index contributed by atoms with van der Waals surface area (Å²) in [6.07, 6.45) is 8.71. The predicted octanol–water partition coefficient (Wildman–Crippen LogP) is 3.15. The molecule has 32 nitrogen and oxygen atoms in total. The van der Waals surface area contributed by atoms with Gasteiger partial charge < -0.3 is 41.2 Å². The molecule has 0 fully saturated rings. The molecule has 0 spiro atoms. The van der Waals surface area contributed by atoms with Crippen LogP contribution in [0, 0.1) is 11.6 Å². The van der Waals surface area contributed by atoms with Gasteiger partial charge >= 0.3 is 0 Å². The number of halogens is 3. The zero-order chi connectivity index (χ0) is 68.6. The van der Waals surface area contributed by atoms with Crippen LogP contribution in [0.1, 0.15) is 92.0 Å². The second-order valence-corrected chi connectivity index (χ2v) is 19.7. The summed E-state index contributed by atoms with van der Waals surface area (Å²) >= 11 is 0. The molecule has 12 aromatic rings. The lowest BCUT2D eigenvalue weighted by molar-refractivity contribution is -0.120. The highest BCUT2D eigenvalue weighted by atomic mass is 19.1. The highest BCUT2D eigenvalue weighted by molar-refractivity contribution is 6.06. The highest BCUT2D eigenvalue weighted by Gasteiger charge is 2.18. The minimum absolute atomic E-state index is 0.101. The number of rotatable bonds is 13. The maximum absolute atomic E-state index is 13.1. The average Bonchev–Trinajstić information content (AvgIpc) is 1.55. The molecule has 0 aliphatic carbocycles. The highest BCUT2D eigenvalue weighted by Crippen LogP contribution is 2.18. The van der Waals surface area contributed by atoms with E-state index >= 15 is 0 Å². The van der Waals surface area contributed by atoms with E-state index < -0.39 is 48.4 Å². The van der Waals surface area contributed by atoms with Crippen LogP contribution in [0.15, 0.2) is 165 Å². The molecular weight excluding hydrogens is 1230 g/mol. The summed E-state index contributed by atoms with van der Waals surface area (Å²) in [7, 11) is 12.0. The van der Waals surface area contributed by atoms with Crippen molar-refractivity contribution in [3.63, 3.8) is 0 Å². The normalized spacial score (nSPS) is 11.3. The number of fused-ring (bicyclic) bond motifs is 1. The van der Waals surface area contributed by atoms with E-state index in [0.717, 1.165) is 5.56 Å². The van der Waals surface area contributed by atoms with Crippen LogP contribution < -0.4 is 22.3 Å². The van der Waals surface area contributed by atoms with E-state index in [0.29, 0.717) is 28.4 Å². The maximum Gasteiger partial charge on any atom is 0.286 e. The van der Waals surface area contributed by atoms with Crippen molar-refractivity contribution in [2.75, 3.05) is 17.7 Å². The zero-order valence-electron chi connectivity index (χ0n) is 51.7. The molecule has 0 radical (unpaired) electrons. The Morgan fingerprint density at radius 2 is 1.06 bits per heavy atom. The lowest BCUT2D eigenvalue weighted by Crippen LogP contribution is -2.19. The number of hydrogen-bond acceptors (Lipinski definition) is 22.